The summed E-state index contributed by atoms with van der Waals surface area (Å²) < 4.78 is 5.99. The number of halogens is 1. The van der Waals surface area contributed by atoms with E-state index in [2.05, 4.69) is 17.4 Å². The Morgan fingerprint density at radius 1 is 0.906 bits per heavy atom. The van der Waals surface area contributed by atoms with Gasteiger partial charge in [0, 0.05) is 10.9 Å². The second-order valence-electron chi connectivity index (χ2n) is 8.08. The van der Waals surface area contributed by atoms with Crippen LogP contribution in [-0.4, -0.2) is 37.0 Å². The number of ether oxygens (including phenoxy) is 1. The first-order valence-corrected chi connectivity index (χ1v) is 11.6. The molecule has 1 fully saturated rings. The van der Waals surface area contributed by atoms with Crippen LogP contribution in [0.1, 0.15) is 30.0 Å². The topological polar surface area (TPSA) is 41.6 Å². The lowest BCUT2D eigenvalue weighted by atomic mass is 9.92. The molecule has 1 N–H and O–H groups in total. The van der Waals surface area contributed by atoms with Crippen LogP contribution in [0.15, 0.2) is 84.9 Å². The van der Waals surface area contributed by atoms with E-state index in [0.29, 0.717) is 18.2 Å². The molecule has 0 saturated carbocycles. The van der Waals surface area contributed by atoms with Crippen molar-refractivity contribution in [3.8, 4) is 5.75 Å². The number of nitrogens with one attached hydrogen (secondary N) is 1. The zero-order chi connectivity index (χ0) is 22.2. The lowest BCUT2D eigenvalue weighted by Gasteiger charge is -2.36. The van der Waals surface area contributed by atoms with Crippen LogP contribution in [0.3, 0.4) is 0 Å². The molecule has 1 aliphatic rings. The first kappa shape index (κ1) is 22.4. The highest BCUT2D eigenvalue weighted by molar-refractivity contribution is 6.30. The summed E-state index contributed by atoms with van der Waals surface area (Å²) in [6.45, 7) is 2.68. The van der Waals surface area contributed by atoms with E-state index in [1.54, 1.807) is 0 Å². The highest BCUT2D eigenvalue weighted by atomic mass is 35.5. The van der Waals surface area contributed by atoms with E-state index >= 15 is 0 Å². The molecule has 32 heavy (non-hydrogen) atoms. The lowest BCUT2D eigenvalue weighted by molar-refractivity contribution is -0.138. The molecule has 1 saturated heterocycles. The van der Waals surface area contributed by atoms with E-state index in [4.69, 9.17) is 16.3 Å². The van der Waals surface area contributed by atoms with Crippen LogP contribution in [-0.2, 0) is 4.79 Å². The third kappa shape index (κ3) is 5.70. The van der Waals surface area contributed by atoms with E-state index in [1.165, 1.54) is 0 Å². The molecule has 3 aromatic carbocycles. The average molecular weight is 449 g/mol. The third-order valence-electron chi connectivity index (χ3n) is 5.93. The monoisotopic (exact) mass is 448 g/mol. The van der Waals surface area contributed by atoms with Gasteiger partial charge in [0.25, 0.3) is 0 Å². The molecule has 3 aromatic rings. The van der Waals surface area contributed by atoms with Crippen molar-refractivity contribution in [2.24, 2.45) is 5.92 Å². The molecule has 0 unspecified atom stereocenters. The second kappa shape index (κ2) is 11.2. The van der Waals surface area contributed by atoms with Gasteiger partial charge in [0.2, 0.25) is 5.91 Å². The van der Waals surface area contributed by atoms with Gasteiger partial charge in [0.15, 0.2) is 0 Å². The van der Waals surface area contributed by atoms with Crippen molar-refractivity contribution < 1.29 is 9.53 Å². The fourth-order valence-corrected chi connectivity index (χ4v) is 4.41. The highest BCUT2D eigenvalue weighted by Gasteiger charge is 2.32. The van der Waals surface area contributed by atoms with Crippen molar-refractivity contribution in [1.82, 2.24) is 10.2 Å². The summed E-state index contributed by atoms with van der Waals surface area (Å²) in [4.78, 5) is 15.8. The Balaban J connectivity index is 1.64. The molecule has 0 aliphatic carbocycles. The largest absolute Gasteiger partial charge is 0.492 e. The van der Waals surface area contributed by atoms with Gasteiger partial charge < -0.3 is 15.0 Å². The molecular formula is C27H29ClN2O2. The molecule has 0 spiro atoms. The summed E-state index contributed by atoms with van der Waals surface area (Å²) in [5.41, 5.74) is 2.12. The summed E-state index contributed by atoms with van der Waals surface area (Å²) in [6.07, 6.45) is 1.72. The van der Waals surface area contributed by atoms with Crippen LogP contribution < -0.4 is 10.1 Å². The summed E-state index contributed by atoms with van der Waals surface area (Å²) in [5, 5.41) is 4.05. The summed E-state index contributed by atoms with van der Waals surface area (Å²) >= 11 is 6.17. The van der Waals surface area contributed by atoms with Gasteiger partial charge in [-0.05, 0) is 61.3 Å². The SMILES string of the molecule is O=C(C1CCNCC1)N(CCOc1ccccc1)[C@@H](c1ccccc1)c1ccc(Cl)cc1. The predicted molar refractivity (Wildman–Crippen MR) is 129 cm³/mol. The van der Waals surface area contributed by atoms with Crippen LogP contribution in [0.25, 0.3) is 0 Å². The molecule has 1 amide bonds. The van der Waals surface area contributed by atoms with E-state index in [-0.39, 0.29) is 17.9 Å². The van der Waals surface area contributed by atoms with Crippen LogP contribution in [0.5, 0.6) is 5.75 Å². The van der Waals surface area contributed by atoms with Gasteiger partial charge in [0.05, 0.1) is 12.6 Å². The minimum atomic E-state index is -0.199. The number of nitrogens with zero attached hydrogens (tertiary/aromatic N) is 1. The van der Waals surface area contributed by atoms with Gasteiger partial charge in [0.1, 0.15) is 12.4 Å². The Kier molecular flexibility index (Phi) is 7.81. The number of hydrogen-bond acceptors (Lipinski definition) is 3. The van der Waals surface area contributed by atoms with Crippen LogP contribution in [0.2, 0.25) is 5.02 Å². The van der Waals surface area contributed by atoms with E-state index in [9.17, 15) is 4.79 Å². The summed E-state index contributed by atoms with van der Waals surface area (Å²) in [5.74, 6) is 1.02. The first-order chi connectivity index (χ1) is 15.7. The van der Waals surface area contributed by atoms with Gasteiger partial charge >= 0.3 is 0 Å². The molecule has 0 bridgehead atoms. The number of rotatable bonds is 8. The molecule has 4 rings (SSSR count). The Morgan fingerprint density at radius 2 is 1.50 bits per heavy atom. The van der Waals surface area contributed by atoms with Crippen molar-refractivity contribution in [2.45, 2.75) is 18.9 Å². The zero-order valence-electron chi connectivity index (χ0n) is 18.1. The maximum atomic E-state index is 13.8. The minimum Gasteiger partial charge on any atom is -0.492 e. The first-order valence-electron chi connectivity index (χ1n) is 11.2. The van der Waals surface area contributed by atoms with Crippen molar-refractivity contribution in [1.29, 1.82) is 0 Å². The molecule has 4 nitrogen and oxygen atoms in total. The number of amides is 1. The third-order valence-corrected chi connectivity index (χ3v) is 6.18. The average Bonchev–Trinajstić information content (AvgIpc) is 2.86. The van der Waals surface area contributed by atoms with Gasteiger partial charge in [-0.15, -0.1) is 0 Å². The van der Waals surface area contributed by atoms with Crippen LogP contribution in [0.4, 0.5) is 0 Å². The highest BCUT2D eigenvalue weighted by Crippen LogP contribution is 2.32. The Labute approximate surface area is 195 Å². The van der Waals surface area contributed by atoms with E-state index in [1.807, 2.05) is 77.7 Å². The van der Waals surface area contributed by atoms with Crippen molar-refractivity contribution >= 4 is 17.5 Å². The number of benzene rings is 3. The molecule has 1 aliphatic heterocycles. The molecule has 1 heterocycles. The molecule has 166 valence electrons. The number of carbonyl (C=O) groups is 1. The maximum absolute atomic E-state index is 13.8. The second-order valence-corrected chi connectivity index (χ2v) is 8.52. The molecule has 0 aromatic heterocycles. The number of hydrogen-bond donors (Lipinski definition) is 1. The Hall–Kier alpha value is -2.82. The number of carbonyl (C=O) groups excluding carboxylic acids is 1. The maximum Gasteiger partial charge on any atom is 0.226 e. The minimum absolute atomic E-state index is 0.0199. The Bertz CT molecular complexity index is 974. The number of piperidine rings is 1. The smallest absolute Gasteiger partial charge is 0.226 e. The predicted octanol–water partition coefficient (Wildman–Crippen LogP) is 5.34. The quantitative estimate of drug-likeness (QED) is 0.506. The normalized spacial score (nSPS) is 15.2. The zero-order valence-corrected chi connectivity index (χ0v) is 18.9. The van der Waals surface area contributed by atoms with Crippen LogP contribution >= 0.6 is 11.6 Å². The van der Waals surface area contributed by atoms with Crippen LogP contribution in [0, 0.1) is 5.92 Å². The van der Waals surface area contributed by atoms with Gasteiger partial charge in [-0.25, -0.2) is 0 Å². The fourth-order valence-electron chi connectivity index (χ4n) is 4.28. The lowest BCUT2D eigenvalue weighted by Crippen LogP contribution is -2.44. The van der Waals surface area contributed by atoms with Gasteiger partial charge in [-0.3, -0.25) is 4.79 Å². The van der Waals surface area contributed by atoms with Crippen molar-refractivity contribution in [3.63, 3.8) is 0 Å². The summed E-state index contributed by atoms with van der Waals surface area (Å²) in [6, 6.07) is 27.6. The van der Waals surface area contributed by atoms with E-state index < -0.39 is 0 Å². The standard InChI is InChI=1S/C27H29ClN2O2/c28-24-13-11-22(12-14-24)26(21-7-3-1-4-8-21)30(27(31)23-15-17-29-18-16-23)19-20-32-25-9-5-2-6-10-25/h1-14,23,26,29H,15-20H2/t26-/m0/s1. The molecule has 1 atom stereocenters. The van der Waals surface area contributed by atoms with Crippen molar-refractivity contribution in [3.05, 3.63) is 101 Å². The van der Waals surface area contributed by atoms with Crippen molar-refractivity contribution in [2.75, 3.05) is 26.2 Å². The van der Waals surface area contributed by atoms with Gasteiger partial charge in [-0.1, -0.05) is 72.3 Å². The molecule has 0 radical (unpaired) electrons. The van der Waals surface area contributed by atoms with Gasteiger partial charge in [-0.2, -0.15) is 0 Å². The molecule has 5 heteroatoms. The van der Waals surface area contributed by atoms with E-state index in [0.717, 1.165) is 42.8 Å². The molecular weight excluding hydrogens is 420 g/mol. The number of para-hydroxylation sites is 1. The fraction of sp³-hybridized carbons (Fsp3) is 0.296. The Morgan fingerprint density at radius 3 is 2.16 bits per heavy atom. The summed E-state index contributed by atoms with van der Waals surface area (Å²) in [7, 11) is 0.